The van der Waals surface area contributed by atoms with Crippen LogP contribution in [0, 0.1) is 5.92 Å². The highest BCUT2D eigenvalue weighted by Gasteiger charge is 2.27. The first-order valence-corrected chi connectivity index (χ1v) is 8.96. The van der Waals surface area contributed by atoms with Crippen molar-refractivity contribution in [3.8, 4) is 5.75 Å². The molecule has 0 bridgehead atoms. The molecule has 2 aromatic heterocycles. The number of piperidine rings is 1. The Bertz CT molecular complexity index is 699. The average molecular weight is 345 g/mol. The molecule has 2 fully saturated rings. The van der Waals surface area contributed by atoms with E-state index in [9.17, 15) is 0 Å². The molecule has 1 saturated carbocycles. The molecule has 6 heteroatoms. The number of rotatable bonds is 5. The van der Waals surface area contributed by atoms with Gasteiger partial charge in [-0.15, -0.1) is 0 Å². The molecule has 0 radical (unpaired) electrons. The predicted molar refractivity (Wildman–Crippen MR) is 93.7 cm³/mol. The van der Waals surface area contributed by atoms with Crippen molar-refractivity contribution < 1.29 is 4.74 Å². The SMILES string of the molecule is Clc1cnccc1OCC1CCN(c2cc(C3CC3)ncn2)CC1. The highest BCUT2D eigenvalue weighted by molar-refractivity contribution is 6.31. The number of hydrogen-bond acceptors (Lipinski definition) is 5. The Morgan fingerprint density at radius 1 is 1.17 bits per heavy atom. The van der Waals surface area contributed by atoms with Crippen molar-refractivity contribution in [2.24, 2.45) is 5.92 Å². The van der Waals surface area contributed by atoms with E-state index < -0.39 is 0 Å². The van der Waals surface area contributed by atoms with Gasteiger partial charge in [0.05, 0.1) is 6.61 Å². The first-order valence-electron chi connectivity index (χ1n) is 8.59. The van der Waals surface area contributed by atoms with Crippen LogP contribution in [0.5, 0.6) is 5.75 Å². The number of halogens is 1. The Hall–Kier alpha value is -1.88. The number of nitrogens with zero attached hydrogens (tertiary/aromatic N) is 4. The molecule has 5 nitrogen and oxygen atoms in total. The fraction of sp³-hybridized carbons (Fsp3) is 0.500. The monoisotopic (exact) mass is 344 g/mol. The van der Waals surface area contributed by atoms with Crippen LogP contribution in [0.4, 0.5) is 5.82 Å². The van der Waals surface area contributed by atoms with Gasteiger partial charge in [-0.3, -0.25) is 4.98 Å². The summed E-state index contributed by atoms with van der Waals surface area (Å²) in [4.78, 5) is 15.2. The van der Waals surface area contributed by atoms with Gasteiger partial charge < -0.3 is 9.64 Å². The molecule has 126 valence electrons. The van der Waals surface area contributed by atoms with Crippen molar-refractivity contribution in [2.45, 2.75) is 31.6 Å². The second-order valence-electron chi connectivity index (χ2n) is 6.62. The fourth-order valence-electron chi connectivity index (χ4n) is 3.15. The van der Waals surface area contributed by atoms with Gasteiger partial charge in [-0.1, -0.05) is 11.6 Å². The number of aromatic nitrogens is 3. The maximum atomic E-state index is 6.08. The molecule has 0 atom stereocenters. The standard InChI is InChI=1S/C18H21ClN4O/c19-15-10-20-6-3-17(15)24-11-13-4-7-23(8-5-13)18-9-16(14-1-2-14)21-12-22-18/h3,6,9-10,12-14H,1-2,4-5,7-8,11H2. The van der Waals surface area contributed by atoms with Crippen molar-refractivity contribution in [3.05, 3.63) is 41.6 Å². The average Bonchev–Trinajstić information content (AvgIpc) is 3.47. The lowest BCUT2D eigenvalue weighted by Crippen LogP contribution is -2.36. The predicted octanol–water partition coefficient (Wildman–Crippen LogP) is 3.70. The Morgan fingerprint density at radius 3 is 2.75 bits per heavy atom. The largest absolute Gasteiger partial charge is 0.492 e. The van der Waals surface area contributed by atoms with E-state index >= 15 is 0 Å². The van der Waals surface area contributed by atoms with Gasteiger partial charge in [0.15, 0.2) is 0 Å². The first kappa shape index (κ1) is 15.6. The zero-order chi connectivity index (χ0) is 16.4. The molecule has 0 unspecified atom stereocenters. The Labute approximate surface area is 147 Å². The zero-order valence-electron chi connectivity index (χ0n) is 13.6. The van der Waals surface area contributed by atoms with Gasteiger partial charge in [-0.05, 0) is 31.6 Å². The molecule has 0 spiro atoms. The minimum atomic E-state index is 0.551. The molecule has 3 heterocycles. The highest BCUT2D eigenvalue weighted by atomic mass is 35.5. The molecule has 1 saturated heterocycles. The van der Waals surface area contributed by atoms with Crippen molar-refractivity contribution in [3.63, 3.8) is 0 Å². The van der Waals surface area contributed by atoms with Crippen LogP contribution in [0.1, 0.15) is 37.3 Å². The van der Waals surface area contributed by atoms with Gasteiger partial charge in [0.2, 0.25) is 0 Å². The van der Waals surface area contributed by atoms with Crippen LogP contribution in [-0.4, -0.2) is 34.6 Å². The van der Waals surface area contributed by atoms with Gasteiger partial charge >= 0.3 is 0 Å². The molecule has 24 heavy (non-hydrogen) atoms. The van der Waals surface area contributed by atoms with Crippen LogP contribution >= 0.6 is 11.6 Å². The molecular weight excluding hydrogens is 324 g/mol. The van der Waals surface area contributed by atoms with Gasteiger partial charge in [-0.25, -0.2) is 9.97 Å². The Kier molecular flexibility index (Phi) is 4.52. The second-order valence-corrected chi connectivity index (χ2v) is 7.03. The van der Waals surface area contributed by atoms with Crippen LogP contribution < -0.4 is 9.64 Å². The molecule has 0 aromatic carbocycles. The van der Waals surface area contributed by atoms with Gasteiger partial charge in [0, 0.05) is 49.2 Å². The summed E-state index contributed by atoms with van der Waals surface area (Å²) in [6, 6.07) is 3.99. The minimum Gasteiger partial charge on any atom is -0.492 e. The van der Waals surface area contributed by atoms with E-state index in [1.54, 1.807) is 18.7 Å². The van der Waals surface area contributed by atoms with Crippen molar-refractivity contribution >= 4 is 17.4 Å². The maximum absolute atomic E-state index is 6.08. The number of hydrogen-bond donors (Lipinski definition) is 0. The molecule has 0 N–H and O–H groups in total. The molecule has 2 aliphatic rings. The quantitative estimate of drug-likeness (QED) is 0.827. The second kappa shape index (κ2) is 6.93. The lowest BCUT2D eigenvalue weighted by atomic mass is 9.98. The Morgan fingerprint density at radius 2 is 2.00 bits per heavy atom. The topological polar surface area (TPSA) is 51.1 Å². The third-order valence-electron chi connectivity index (χ3n) is 4.82. The molecular formula is C18H21ClN4O. The first-order chi connectivity index (χ1) is 11.8. The molecule has 1 aliphatic heterocycles. The normalized spacial score (nSPS) is 18.6. The molecule has 2 aromatic rings. The van der Waals surface area contributed by atoms with E-state index in [4.69, 9.17) is 16.3 Å². The summed E-state index contributed by atoms with van der Waals surface area (Å²) in [5.41, 5.74) is 1.21. The van der Waals surface area contributed by atoms with E-state index in [-0.39, 0.29) is 0 Å². The lowest BCUT2D eigenvalue weighted by Gasteiger charge is -2.32. The van der Waals surface area contributed by atoms with Crippen LogP contribution in [0.2, 0.25) is 5.02 Å². The zero-order valence-corrected chi connectivity index (χ0v) is 14.3. The minimum absolute atomic E-state index is 0.551. The number of ether oxygens (including phenoxy) is 1. The summed E-state index contributed by atoms with van der Waals surface area (Å²) in [5.74, 6) is 3.01. The molecule has 1 aliphatic carbocycles. The molecule has 4 rings (SSSR count). The Balaban J connectivity index is 1.30. The van der Waals surface area contributed by atoms with Crippen LogP contribution in [-0.2, 0) is 0 Å². The van der Waals surface area contributed by atoms with E-state index in [1.165, 1.54) is 18.5 Å². The smallest absolute Gasteiger partial charge is 0.141 e. The summed E-state index contributed by atoms with van der Waals surface area (Å²) in [6.07, 6.45) is 9.78. The van der Waals surface area contributed by atoms with Gasteiger partial charge in [-0.2, -0.15) is 0 Å². The fourth-order valence-corrected chi connectivity index (χ4v) is 3.33. The number of anilines is 1. The van der Waals surface area contributed by atoms with E-state index in [0.29, 0.717) is 23.5 Å². The van der Waals surface area contributed by atoms with Crippen molar-refractivity contribution in [2.75, 3.05) is 24.6 Å². The summed E-state index contributed by atoms with van der Waals surface area (Å²) < 4.78 is 5.86. The lowest BCUT2D eigenvalue weighted by molar-refractivity contribution is 0.222. The van der Waals surface area contributed by atoms with Crippen LogP contribution in [0.15, 0.2) is 30.9 Å². The highest BCUT2D eigenvalue weighted by Crippen LogP contribution is 2.39. The summed E-state index contributed by atoms with van der Waals surface area (Å²) in [7, 11) is 0. The van der Waals surface area contributed by atoms with Crippen molar-refractivity contribution in [1.82, 2.24) is 15.0 Å². The van der Waals surface area contributed by atoms with Gasteiger partial charge in [0.1, 0.15) is 22.9 Å². The van der Waals surface area contributed by atoms with E-state index in [1.807, 2.05) is 6.07 Å². The van der Waals surface area contributed by atoms with E-state index in [2.05, 4.69) is 25.9 Å². The van der Waals surface area contributed by atoms with Crippen LogP contribution in [0.25, 0.3) is 0 Å². The molecule has 0 amide bonds. The summed E-state index contributed by atoms with van der Waals surface area (Å²) >= 11 is 6.08. The summed E-state index contributed by atoms with van der Waals surface area (Å²) in [5, 5.41) is 0.573. The maximum Gasteiger partial charge on any atom is 0.141 e. The van der Waals surface area contributed by atoms with Gasteiger partial charge in [0.25, 0.3) is 0 Å². The van der Waals surface area contributed by atoms with Crippen molar-refractivity contribution in [1.29, 1.82) is 0 Å². The summed E-state index contributed by atoms with van der Waals surface area (Å²) in [6.45, 7) is 2.73. The van der Waals surface area contributed by atoms with E-state index in [0.717, 1.165) is 37.5 Å². The number of pyridine rings is 1. The third kappa shape index (κ3) is 3.61. The van der Waals surface area contributed by atoms with Crippen LogP contribution in [0.3, 0.4) is 0 Å². The third-order valence-corrected chi connectivity index (χ3v) is 5.10.